The molecule has 0 unspecified atom stereocenters. The van der Waals surface area contributed by atoms with Gasteiger partial charge in [-0.1, -0.05) is 24.6 Å². The summed E-state index contributed by atoms with van der Waals surface area (Å²) in [4.78, 5) is 19.0. The Hall–Kier alpha value is -2.09. The maximum Gasteiger partial charge on any atom is 0.233 e. The highest BCUT2D eigenvalue weighted by atomic mass is 32.2. The number of nitrogens with zero attached hydrogens (tertiary/aromatic N) is 5. The van der Waals surface area contributed by atoms with Crippen molar-refractivity contribution in [3.8, 4) is 11.4 Å². The van der Waals surface area contributed by atoms with Gasteiger partial charge in [-0.3, -0.25) is 9.78 Å². The first-order chi connectivity index (χ1) is 12.7. The Morgan fingerprint density at radius 2 is 2.08 bits per heavy atom. The Kier molecular flexibility index (Phi) is 5.10. The summed E-state index contributed by atoms with van der Waals surface area (Å²) < 4.78 is 1.44. The van der Waals surface area contributed by atoms with E-state index in [4.69, 9.17) is 5.84 Å². The van der Waals surface area contributed by atoms with Crippen molar-refractivity contribution in [2.45, 2.75) is 49.7 Å². The van der Waals surface area contributed by atoms with Crippen LogP contribution in [0.4, 0.5) is 0 Å². The lowest BCUT2D eigenvalue weighted by molar-refractivity contribution is -0.134. The van der Waals surface area contributed by atoms with E-state index in [2.05, 4.69) is 20.1 Å². The van der Waals surface area contributed by atoms with E-state index < -0.39 is 0 Å². The van der Waals surface area contributed by atoms with Gasteiger partial charge in [-0.25, -0.2) is 4.68 Å². The molecule has 2 aromatic heterocycles. The molecule has 1 saturated heterocycles. The lowest BCUT2D eigenvalue weighted by Crippen LogP contribution is -2.50. The molecule has 2 aliphatic rings. The van der Waals surface area contributed by atoms with E-state index in [0.717, 1.165) is 24.9 Å². The number of aromatic nitrogens is 4. The highest BCUT2D eigenvalue weighted by Crippen LogP contribution is 2.35. The van der Waals surface area contributed by atoms with Gasteiger partial charge in [0.2, 0.25) is 11.1 Å². The molecule has 1 saturated carbocycles. The van der Waals surface area contributed by atoms with Crippen LogP contribution in [0.2, 0.25) is 0 Å². The number of carbonyl (C=O) groups excluding carboxylic acids is 1. The summed E-state index contributed by atoms with van der Waals surface area (Å²) in [6.07, 6.45) is 10.8. The van der Waals surface area contributed by atoms with Crippen molar-refractivity contribution in [3.05, 3.63) is 24.5 Å². The molecule has 1 aliphatic heterocycles. The average molecular weight is 372 g/mol. The van der Waals surface area contributed by atoms with E-state index in [1.165, 1.54) is 42.1 Å². The van der Waals surface area contributed by atoms with Crippen LogP contribution in [-0.2, 0) is 4.79 Å². The predicted molar refractivity (Wildman–Crippen MR) is 101 cm³/mol. The Morgan fingerprint density at radius 3 is 2.92 bits per heavy atom. The number of rotatable bonds is 4. The van der Waals surface area contributed by atoms with Crippen LogP contribution in [-0.4, -0.2) is 49.0 Å². The molecule has 3 heterocycles. The topological polar surface area (TPSA) is 89.9 Å². The van der Waals surface area contributed by atoms with Crippen LogP contribution in [0, 0.1) is 5.92 Å². The number of thioether (sulfide) groups is 1. The molecule has 1 aliphatic carbocycles. The number of nitrogen functional groups attached to an aromatic ring is 1. The lowest BCUT2D eigenvalue weighted by atomic mass is 9.78. The zero-order valence-corrected chi connectivity index (χ0v) is 15.6. The van der Waals surface area contributed by atoms with Crippen molar-refractivity contribution in [3.63, 3.8) is 0 Å². The van der Waals surface area contributed by atoms with E-state index >= 15 is 0 Å². The van der Waals surface area contributed by atoms with Gasteiger partial charge in [0.15, 0.2) is 5.82 Å². The molecule has 2 fully saturated rings. The summed E-state index contributed by atoms with van der Waals surface area (Å²) in [6.45, 7) is 0.886. The number of hydrogen-bond acceptors (Lipinski definition) is 6. The van der Waals surface area contributed by atoms with Crippen molar-refractivity contribution in [1.29, 1.82) is 0 Å². The number of fused-ring (bicyclic) bond motifs is 1. The summed E-state index contributed by atoms with van der Waals surface area (Å²) in [6, 6.07) is 4.15. The van der Waals surface area contributed by atoms with Gasteiger partial charge in [-0.15, -0.1) is 10.2 Å². The second-order valence-electron chi connectivity index (χ2n) is 7.05. The van der Waals surface area contributed by atoms with Crippen molar-refractivity contribution >= 4 is 17.7 Å². The van der Waals surface area contributed by atoms with Crippen molar-refractivity contribution < 1.29 is 4.79 Å². The minimum absolute atomic E-state index is 0.192. The van der Waals surface area contributed by atoms with E-state index in [1.807, 2.05) is 12.1 Å². The normalized spacial score (nSPS) is 22.8. The van der Waals surface area contributed by atoms with E-state index in [9.17, 15) is 4.79 Å². The van der Waals surface area contributed by atoms with Crippen LogP contribution in [0.15, 0.2) is 29.7 Å². The van der Waals surface area contributed by atoms with Gasteiger partial charge in [0.05, 0.1) is 5.75 Å². The van der Waals surface area contributed by atoms with Crippen LogP contribution >= 0.6 is 11.8 Å². The van der Waals surface area contributed by atoms with Gasteiger partial charge in [0.1, 0.15) is 0 Å². The van der Waals surface area contributed by atoms with Gasteiger partial charge < -0.3 is 10.7 Å². The molecule has 0 bridgehead atoms. The molecule has 2 aromatic rings. The maximum absolute atomic E-state index is 12.8. The molecule has 0 radical (unpaired) electrons. The van der Waals surface area contributed by atoms with Crippen LogP contribution in [0.5, 0.6) is 0 Å². The molecule has 8 heteroatoms. The molecule has 4 rings (SSSR count). The highest BCUT2D eigenvalue weighted by Gasteiger charge is 2.35. The predicted octanol–water partition coefficient (Wildman–Crippen LogP) is 2.33. The zero-order chi connectivity index (χ0) is 17.9. The van der Waals surface area contributed by atoms with Crippen LogP contribution < -0.4 is 5.84 Å². The fourth-order valence-corrected chi connectivity index (χ4v) is 4.95. The fourth-order valence-electron chi connectivity index (χ4n) is 4.21. The second-order valence-corrected chi connectivity index (χ2v) is 7.99. The molecule has 2 atom stereocenters. The summed E-state index contributed by atoms with van der Waals surface area (Å²) in [7, 11) is 0. The molecule has 0 spiro atoms. The molecule has 2 N–H and O–H groups in total. The first kappa shape index (κ1) is 17.3. The average Bonchev–Trinajstić information content (AvgIpc) is 3.07. The number of piperidine rings is 1. The monoisotopic (exact) mass is 372 g/mol. The molecule has 138 valence electrons. The van der Waals surface area contributed by atoms with E-state index in [-0.39, 0.29) is 5.91 Å². The number of nitrogens with two attached hydrogens (primary N) is 1. The van der Waals surface area contributed by atoms with Gasteiger partial charge in [-0.2, -0.15) is 0 Å². The molecular formula is C18H24N6OS. The lowest BCUT2D eigenvalue weighted by Gasteiger charge is -2.44. The van der Waals surface area contributed by atoms with Gasteiger partial charge >= 0.3 is 0 Å². The minimum Gasteiger partial charge on any atom is -0.339 e. The summed E-state index contributed by atoms with van der Waals surface area (Å²) >= 11 is 1.36. The quantitative estimate of drug-likeness (QED) is 0.654. The first-order valence-corrected chi connectivity index (χ1v) is 10.3. The van der Waals surface area contributed by atoms with Gasteiger partial charge in [0.25, 0.3) is 0 Å². The molecular weight excluding hydrogens is 348 g/mol. The molecule has 0 aromatic carbocycles. The van der Waals surface area contributed by atoms with Gasteiger partial charge in [-0.05, 0) is 43.7 Å². The van der Waals surface area contributed by atoms with Crippen LogP contribution in [0.1, 0.15) is 38.5 Å². The standard InChI is InChI=1S/C18H24N6OS/c19-24-17(14-6-3-9-20-11-14)21-22-18(24)26-12-16(25)23-10-4-7-13-5-1-2-8-15(13)23/h3,6,9,11,13,15H,1-2,4-5,7-8,10,12,19H2/t13-,15-/m1/s1. The third kappa shape index (κ3) is 3.42. The van der Waals surface area contributed by atoms with Crippen molar-refractivity contribution in [2.24, 2.45) is 5.92 Å². The number of pyridine rings is 1. The Morgan fingerprint density at radius 1 is 1.23 bits per heavy atom. The molecule has 1 amide bonds. The maximum atomic E-state index is 12.8. The Labute approximate surface area is 157 Å². The molecule has 7 nitrogen and oxygen atoms in total. The second kappa shape index (κ2) is 7.65. The van der Waals surface area contributed by atoms with E-state index in [1.54, 1.807) is 12.4 Å². The highest BCUT2D eigenvalue weighted by molar-refractivity contribution is 7.99. The summed E-state index contributed by atoms with van der Waals surface area (Å²) in [5.41, 5.74) is 0.807. The van der Waals surface area contributed by atoms with Crippen molar-refractivity contribution in [2.75, 3.05) is 18.1 Å². The number of hydrogen-bond donors (Lipinski definition) is 1. The van der Waals surface area contributed by atoms with Gasteiger partial charge in [0, 0.05) is 30.5 Å². The third-order valence-corrected chi connectivity index (χ3v) is 6.40. The number of carbonyl (C=O) groups is 1. The zero-order valence-electron chi connectivity index (χ0n) is 14.8. The number of likely N-dealkylation sites (tertiary alicyclic amines) is 1. The SMILES string of the molecule is Nn1c(SCC(=O)N2CCC[C@H]3CCCC[C@H]32)nnc1-c1cccnc1. The first-order valence-electron chi connectivity index (χ1n) is 9.27. The van der Waals surface area contributed by atoms with Crippen LogP contribution in [0.3, 0.4) is 0 Å². The summed E-state index contributed by atoms with van der Waals surface area (Å²) in [5, 5.41) is 8.84. The number of amides is 1. The smallest absolute Gasteiger partial charge is 0.233 e. The summed E-state index contributed by atoms with van der Waals surface area (Å²) in [5.74, 6) is 7.92. The molecule has 26 heavy (non-hydrogen) atoms. The van der Waals surface area contributed by atoms with E-state index in [0.29, 0.717) is 28.7 Å². The largest absolute Gasteiger partial charge is 0.339 e. The van der Waals surface area contributed by atoms with Crippen LogP contribution in [0.25, 0.3) is 11.4 Å². The Balaban J connectivity index is 1.41. The Bertz CT molecular complexity index is 762. The third-order valence-electron chi connectivity index (χ3n) is 5.47. The van der Waals surface area contributed by atoms with Crippen molar-refractivity contribution in [1.82, 2.24) is 24.8 Å². The fraction of sp³-hybridized carbons (Fsp3) is 0.556. The minimum atomic E-state index is 0.192.